The predicted molar refractivity (Wildman–Crippen MR) is 77.8 cm³/mol. The molecule has 1 aromatic heterocycles. The molecule has 0 unspecified atom stereocenters. The van der Waals surface area contributed by atoms with Crippen molar-refractivity contribution in [2.45, 2.75) is 0 Å². The van der Waals surface area contributed by atoms with Crippen molar-refractivity contribution in [2.75, 3.05) is 0 Å². The highest BCUT2D eigenvalue weighted by molar-refractivity contribution is 6.31. The van der Waals surface area contributed by atoms with E-state index < -0.39 is 5.82 Å². The van der Waals surface area contributed by atoms with Gasteiger partial charge in [-0.25, -0.2) is 4.39 Å². The second-order valence-electron chi connectivity index (χ2n) is 4.63. The molecule has 0 amide bonds. The molecule has 0 aliphatic heterocycles. The maximum absolute atomic E-state index is 13.2. The largest absolute Gasteiger partial charge is 0.350 e. The molecule has 0 fully saturated rings. The molecule has 0 saturated heterocycles. The third-order valence-electron chi connectivity index (χ3n) is 3.32. The second-order valence-corrected chi connectivity index (χ2v) is 5.04. The fourth-order valence-corrected chi connectivity index (χ4v) is 2.50. The Bertz CT molecular complexity index is 822. The summed E-state index contributed by atoms with van der Waals surface area (Å²) in [4.78, 5) is 12.5. The number of para-hydroxylation sites is 1. The number of rotatable bonds is 2. The number of carbonyl (C=O) groups excluding carboxylic acids is 1. The first-order chi connectivity index (χ1) is 9.58. The number of ketones is 1. The summed E-state index contributed by atoms with van der Waals surface area (Å²) in [6.07, 6.45) is 1.78. The van der Waals surface area contributed by atoms with Gasteiger partial charge in [-0.05, 0) is 24.3 Å². The van der Waals surface area contributed by atoms with E-state index in [9.17, 15) is 9.18 Å². The predicted octanol–water partition coefficient (Wildman–Crippen LogP) is 4.20. The van der Waals surface area contributed by atoms with Crippen LogP contribution in [0.15, 0.2) is 48.7 Å². The molecule has 0 saturated carbocycles. The summed E-state index contributed by atoms with van der Waals surface area (Å²) in [5, 5.41) is 0.830. The monoisotopic (exact) mass is 287 g/mol. The Kier molecular flexibility index (Phi) is 3.07. The Morgan fingerprint density at radius 3 is 2.70 bits per heavy atom. The third kappa shape index (κ3) is 2.00. The van der Waals surface area contributed by atoms with Gasteiger partial charge in [-0.3, -0.25) is 4.79 Å². The van der Waals surface area contributed by atoms with E-state index in [-0.39, 0.29) is 10.8 Å². The van der Waals surface area contributed by atoms with Crippen LogP contribution in [0.2, 0.25) is 5.02 Å². The molecule has 0 atom stereocenters. The highest BCUT2D eigenvalue weighted by Crippen LogP contribution is 2.24. The lowest BCUT2D eigenvalue weighted by Crippen LogP contribution is -2.01. The van der Waals surface area contributed by atoms with Crippen molar-refractivity contribution in [3.63, 3.8) is 0 Å². The smallest absolute Gasteiger partial charge is 0.195 e. The van der Waals surface area contributed by atoms with Gasteiger partial charge in [0.25, 0.3) is 0 Å². The van der Waals surface area contributed by atoms with Gasteiger partial charge in [-0.1, -0.05) is 29.8 Å². The van der Waals surface area contributed by atoms with Crippen LogP contribution in [0.25, 0.3) is 10.9 Å². The molecular formula is C16H11ClFNO. The number of fused-ring (bicyclic) bond motifs is 1. The van der Waals surface area contributed by atoms with Gasteiger partial charge in [-0.2, -0.15) is 0 Å². The number of nitrogens with zero attached hydrogens (tertiary/aromatic N) is 1. The molecule has 0 spiro atoms. The first-order valence-electron chi connectivity index (χ1n) is 6.12. The minimum Gasteiger partial charge on any atom is -0.350 e. The number of aryl methyl sites for hydroxylation is 1. The molecule has 4 heteroatoms. The van der Waals surface area contributed by atoms with Gasteiger partial charge < -0.3 is 4.57 Å². The van der Waals surface area contributed by atoms with E-state index in [1.807, 2.05) is 35.9 Å². The average Bonchev–Trinajstić information content (AvgIpc) is 2.79. The topological polar surface area (TPSA) is 22.0 Å². The van der Waals surface area contributed by atoms with Crippen molar-refractivity contribution in [1.29, 1.82) is 0 Å². The Hall–Kier alpha value is -2.13. The van der Waals surface area contributed by atoms with Gasteiger partial charge in [0.1, 0.15) is 5.82 Å². The van der Waals surface area contributed by atoms with E-state index >= 15 is 0 Å². The zero-order chi connectivity index (χ0) is 14.3. The molecule has 0 bridgehead atoms. The number of hydrogen-bond donors (Lipinski definition) is 0. The Morgan fingerprint density at radius 1 is 1.20 bits per heavy atom. The maximum atomic E-state index is 13.2. The fraction of sp³-hybridized carbons (Fsp3) is 0.0625. The lowest BCUT2D eigenvalue weighted by atomic mass is 10.0. The Morgan fingerprint density at radius 2 is 1.95 bits per heavy atom. The molecular weight excluding hydrogens is 277 g/mol. The summed E-state index contributed by atoms with van der Waals surface area (Å²) in [6.45, 7) is 0. The molecule has 1 heterocycles. The van der Waals surface area contributed by atoms with Crippen LogP contribution in [0.3, 0.4) is 0 Å². The summed E-state index contributed by atoms with van der Waals surface area (Å²) in [5.74, 6) is -0.690. The van der Waals surface area contributed by atoms with E-state index in [4.69, 9.17) is 11.6 Å². The van der Waals surface area contributed by atoms with E-state index in [0.29, 0.717) is 11.1 Å². The van der Waals surface area contributed by atoms with E-state index in [1.54, 1.807) is 6.20 Å². The Labute approximate surface area is 120 Å². The molecule has 2 aromatic carbocycles. The lowest BCUT2D eigenvalue weighted by molar-refractivity contribution is 0.104. The second kappa shape index (κ2) is 4.76. The number of aromatic nitrogens is 1. The van der Waals surface area contributed by atoms with Crippen LogP contribution in [-0.2, 0) is 7.05 Å². The zero-order valence-electron chi connectivity index (χ0n) is 10.7. The van der Waals surface area contributed by atoms with Crippen molar-refractivity contribution in [2.24, 2.45) is 7.05 Å². The van der Waals surface area contributed by atoms with E-state index in [0.717, 1.165) is 10.9 Å². The van der Waals surface area contributed by atoms with Crippen molar-refractivity contribution in [3.8, 4) is 0 Å². The standard InChI is InChI=1S/C16H11ClFNO/c1-19-9-12(11-4-2-3-5-15(11)19)16(20)10-6-7-14(18)13(17)8-10/h2-9H,1H3. The van der Waals surface area contributed by atoms with Crippen LogP contribution in [-0.4, -0.2) is 10.4 Å². The molecule has 20 heavy (non-hydrogen) atoms. The molecule has 0 aliphatic rings. The Balaban J connectivity index is 2.15. The third-order valence-corrected chi connectivity index (χ3v) is 3.61. The molecule has 100 valence electrons. The van der Waals surface area contributed by atoms with Gasteiger partial charge in [0.05, 0.1) is 5.02 Å². The lowest BCUT2D eigenvalue weighted by Gasteiger charge is -2.01. The highest BCUT2D eigenvalue weighted by Gasteiger charge is 2.16. The van der Waals surface area contributed by atoms with Crippen molar-refractivity contribution in [3.05, 3.63) is 70.6 Å². The minimum atomic E-state index is -0.527. The molecule has 3 rings (SSSR count). The first-order valence-corrected chi connectivity index (χ1v) is 6.49. The number of halogens is 2. The van der Waals surface area contributed by atoms with Gasteiger partial charge in [0.15, 0.2) is 5.78 Å². The van der Waals surface area contributed by atoms with Crippen molar-refractivity contribution >= 4 is 28.3 Å². The zero-order valence-corrected chi connectivity index (χ0v) is 11.5. The first kappa shape index (κ1) is 12.9. The van der Waals surface area contributed by atoms with Crippen LogP contribution in [0, 0.1) is 5.82 Å². The van der Waals surface area contributed by atoms with Gasteiger partial charge in [-0.15, -0.1) is 0 Å². The van der Waals surface area contributed by atoms with E-state index in [2.05, 4.69) is 0 Å². The summed E-state index contributed by atoms with van der Waals surface area (Å²) in [5.41, 5.74) is 1.95. The number of carbonyl (C=O) groups is 1. The number of hydrogen-bond acceptors (Lipinski definition) is 1. The highest BCUT2D eigenvalue weighted by atomic mass is 35.5. The van der Waals surface area contributed by atoms with Crippen molar-refractivity contribution in [1.82, 2.24) is 4.57 Å². The fourth-order valence-electron chi connectivity index (χ4n) is 2.32. The minimum absolute atomic E-state index is 0.0453. The van der Waals surface area contributed by atoms with Gasteiger partial charge >= 0.3 is 0 Å². The molecule has 0 N–H and O–H groups in total. The van der Waals surface area contributed by atoms with E-state index in [1.165, 1.54) is 18.2 Å². The quantitative estimate of drug-likeness (QED) is 0.647. The SMILES string of the molecule is Cn1cc(C(=O)c2ccc(F)c(Cl)c2)c2ccccc21. The van der Waals surface area contributed by atoms with Crippen LogP contribution in [0.1, 0.15) is 15.9 Å². The maximum Gasteiger partial charge on any atom is 0.195 e. The van der Waals surface area contributed by atoms with Gasteiger partial charge in [0, 0.05) is 35.3 Å². The number of benzene rings is 2. The summed E-state index contributed by atoms with van der Waals surface area (Å²) < 4.78 is 15.1. The summed E-state index contributed by atoms with van der Waals surface area (Å²) in [7, 11) is 1.89. The van der Waals surface area contributed by atoms with Crippen molar-refractivity contribution < 1.29 is 9.18 Å². The molecule has 3 aromatic rings. The average molecular weight is 288 g/mol. The molecule has 0 radical (unpaired) electrons. The normalized spacial score (nSPS) is 10.9. The molecule has 2 nitrogen and oxygen atoms in total. The van der Waals surface area contributed by atoms with Crippen LogP contribution in [0.5, 0.6) is 0 Å². The van der Waals surface area contributed by atoms with Crippen LogP contribution in [0.4, 0.5) is 4.39 Å². The van der Waals surface area contributed by atoms with Crippen LogP contribution >= 0.6 is 11.6 Å². The molecule has 0 aliphatic carbocycles. The summed E-state index contributed by atoms with van der Waals surface area (Å²) in [6, 6.07) is 11.7. The van der Waals surface area contributed by atoms with Crippen LogP contribution < -0.4 is 0 Å². The summed E-state index contributed by atoms with van der Waals surface area (Å²) >= 11 is 5.74. The van der Waals surface area contributed by atoms with Gasteiger partial charge in [0.2, 0.25) is 0 Å².